The van der Waals surface area contributed by atoms with E-state index in [1.54, 1.807) is 0 Å². The van der Waals surface area contributed by atoms with Crippen molar-refractivity contribution >= 4 is 0 Å². The van der Waals surface area contributed by atoms with Gasteiger partial charge < -0.3 is 10.0 Å². The number of azide groups is 1. The van der Waals surface area contributed by atoms with Gasteiger partial charge in [-0.15, -0.1) is 0 Å². The van der Waals surface area contributed by atoms with Crippen LogP contribution in [0.2, 0.25) is 0 Å². The Kier molecular flexibility index (Phi) is 5.05. The van der Waals surface area contributed by atoms with E-state index < -0.39 is 5.41 Å². The van der Waals surface area contributed by atoms with E-state index in [9.17, 15) is 5.11 Å². The van der Waals surface area contributed by atoms with E-state index in [1.807, 2.05) is 36.5 Å². The van der Waals surface area contributed by atoms with Crippen molar-refractivity contribution in [1.29, 1.82) is 0 Å². The van der Waals surface area contributed by atoms with Crippen molar-refractivity contribution in [3.8, 4) is 0 Å². The number of nitrogens with one attached hydrogen (secondary N) is 1. The van der Waals surface area contributed by atoms with Gasteiger partial charge in [-0.25, -0.2) is 0 Å². The van der Waals surface area contributed by atoms with E-state index in [0.29, 0.717) is 13.1 Å². The van der Waals surface area contributed by atoms with Gasteiger partial charge in [0.1, 0.15) is 0 Å². The van der Waals surface area contributed by atoms with Crippen LogP contribution in [0.4, 0.5) is 0 Å². The molecule has 0 amide bonds. The second-order valence-corrected chi connectivity index (χ2v) is 5.07. The van der Waals surface area contributed by atoms with Crippen LogP contribution in [0.25, 0.3) is 10.4 Å². The molecular formula is C14H19N5O2. The van der Waals surface area contributed by atoms with Crippen LogP contribution < -0.4 is 5.48 Å². The van der Waals surface area contributed by atoms with Crippen LogP contribution in [0.5, 0.6) is 0 Å². The van der Waals surface area contributed by atoms with Crippen LogP contribution >= 0.6 is 0 Å². The van der Waals surface area contributed by atoms with Gasteiger partial charge in [-0.2, -0.15) is 0 Å². The Morgan fingerprint density at radius 1 is 1.48 bits per heavy atom. The van der Waals surface area contributed by atoms with E-state index in [2.05, 4.69) is 20.4 Å². The molecule has 1 heterocycles. The largest absolute Gasteiger partial charge is 0.395 e. The van der Waals surface area contributed by atoms with Gasteiger partial charge in [0.05, 0.1) is 24.8 Å². The maximum Gasteiger partial charge on any atom is 0.0640 e. The summed E-state index contributed by atoms with van der Waals surface area (Å²) in [6, 6.07) is 10.0. The van der Waals surface area contributed by atoms with Gasteiger partial charge in [0.15, 0.2) is 0 Å². The normalized spacial score (nSPS) is 20.9. The van der Waals surface area contributed by atoms with Crippen LogP contribution in [0, 0.1) is 5.41 Å². The first kappa shape index (κ1) is 15.2. The summed E-state index contributed by atoms with van der Waals surface area (Å²) in [6.07, 6.45) is 1.90. The van der Waals surface area contributed by atoms with Crippen molar-refractivity contribution in [2.24, 2.45) is 10.5 Å². The van der Waals surface area contributed by atoms with Gasteiger partial charge in [0.2, 0.25) is 0 Å². The first-order valence-corrected chi connectivity index (χ1v) is 6.65. The molecular weight excluding hydrogens is 270 g/mol. The van der Waals surface area contributed by atoms with E-state index in [1.165, 1.54) is 12.7 Å². The van der Waals surface area contributed by atoms with Crippen LogP contribution in [0.15, 0.2) is 47.3 Å². The lowest BCUT2D eigenvalue weighted by molar-refractivity contribution is 0.0743. The molecule has 0 spiro atoms. The lowest BCUT2D eigenvalue weighted by Crippen LogP contribution is -2.39. The Bertz CT molecular complexity index is 542. The lowest BCUT2D eigenvalue weighted by atomic mass is 9.87. The van der Waals surface area contributed by atoms with E-state index >= 15 is 0 Å². The number of benzene rings is 1. The Labute approximate surface area is 123 Å². The number of aliphatic hydroxyl groups excluding tert-OH is 1. The average molecular weight is 289 g/mol. The summed E-state index contributed by atoms with van der Waals surface area (Å²) in [4.78, 5) is 9.84. The summed E-state index contributed by atoms with van der Waals surface area (Å²) in [5.41, 5.74) is 12.6. The number of rotatable bonds is 7. The highest BCUT2D eigenvalue weighted by Gasteiger charge is 2.40. The van der Waals surface area contributed by atoms with Crippen LogP contribution in [0.3, 0.4) is 0 Å². The third-order valence-electron chi connectivity index (χ3n) is 3.57. The lowest BCUT2D eigenvalue weighted by Gasteiger charge is -2.29. The van der Waals surface area contributed by atoms with Crippen LogP contribution in [0.1, 0.15) is 5.56 Å². The number of hydrogen-bond acceptors (Lipinski definition) is 5. The highest BCUT2D eigenvalue weighted by Crippen LogP contribution is 2.34. The summed E-state index contributed by atoms with van der Waals surface area (Å²) >= 11 is 0. The number of aliphatic hydroxyl groups is 1. The highest BCUT2D eigenvalue weighted by molar-refractivity contribution is 5.22. The fourth-order valence-electron chi connectivity index (χ4n) is 2.49. The molecule has 1 atom stereocenters. The summed E-state index contributed by atoms with van der Waals surface area (Å²) in [7, 11) is 1.51. The van der Waals surface area contributed by atoms with E-state index in [0.717, 1.165) is 5.70 Å². The molecule has 0 aromatic heterocycles. The summed E-state index contributed by atoms with van der Waals surface area (Å²) < 4.78 is 0. The molecule has 0 fully saturated rings. The van der Waals surface area contributed by atoms with Crippen LogP contribution in [-0.4, -0.2) is 36.8 Å². The van der Waals surface area contributed by atoms with Crippen molar-refractivity contribution in [3.05, 3.63) is 58.2 Å². The molecule has 1 aromatic carbocycles. The smallest absolute Gasteiger partial charge is 0.0640 e. The molecule has 1 aromatic rings. The molecule has 0 bridgehead atoms. The van der Waals surface area contributed by atoms with Crippen molar-refractivity contribution < 1.29 is 9.94 Å². The van der Waals surface area contributed by atoms with Crippen molar-refractivity contribution in [2.45, 2.75) is 6.54 Å². The average Bonchev–Trinajstić information content (AvgIpc) is 2.85. The molecule has 7 heteroatoms. The molecule has 2 rings (SSSR count). The minimum Gasteiger partial charge on any atom is -0.395 e. The second kappa shape index (κ2) is 6.99. The van der Waals surface area contributed by atoms with Gasteiger partial charge in [0, 0.05) is 30.7 Å². The summed E-state index contributed by atoms with van der Waals surface area (Å²) in [5, 5.41) is 13.4. The van der Waals surface area contributed by atoms with Gasteiger partial charge >= 0.3 is 0 Å². The van der Waals surface area contributed by atoms with Gasteiger partial charge in [0.25, 0.3) is 0 Å². The molecule has 0 saturated heterocycles. The molecule has 112 valence electrons. The number of hydrogen-bond donors (Lipinski definition) is 2. The predicted molar refractivity (Wildman–Crippen MR) is 78.6 cm³/mol. The van der Waals surface area contributed by atoms with Crippen LogP contribution in [-0.2, 0) is 11.4 Å². The topological polar surface area (TPSA) is 93.5 Å². The molecule has 0 radical (unpaired) electrons. The summed E-state index contributed by atoms with van der Waals surface area (Å²) in [6.45, 7) is 1.32. The molecule has 0 aliphatic carbocycles. The fourth-order valence-corrected chi connectivity index (χ4v) is 2.49. The second-order valence-electron chi connectivity index (χ2n) is 5.07. The number of hydroxylamine groups is 1. The Balaban J connectivity index is 2.17. The first-order chi connectivity index (χ1) is 10.2. The molecule has 21 heavy (non-hydrogen) atoms. The zero-order valence-corrected chi connectivity index (χ0v) is 11.9. The Morgan fingerprint density at radius 3 is 2.86 bits per heavy atom. The first-order valence-electron chi connectivity index (χ1n) is 6.65. The highest BCUT2D eigenvalue weighted by atomic mass is 16.6. The molecule has 0 saturated carbocycles. The Morgan fingerprint density at radius 2 is 2.24 bits per heavy atom. The molecule has 1 unspecified atom stereocenters. The molecule has 1 aliphatic rings. The van der Waals surface area contributed by atoms with E-state index in [-0.39, 0.29) is 13.2 Å². The maximum absolute atomic E-state index is 9.78. The maximum atomic E-state index is 9.78. The minimum atomic E-state index is -0.656. The molecule has 7 nitrogen and oxygen atoms in total. The van der Waals surface area contributed by atoms with Gasteiger partial charge in [-0.3, -0.25) is 10.3 Å². The van der Waals surface area contributed by atoms with Crippen molar-refractivity contribution in [2.75, 3.05) is 26.8 Å². The van der Waals surface area contributed by atoms with Crippen molar-refractivity contribution in [3.63, 3.8) is 0 Å². The zero-order valence-electron chi connectivity index (χ0n) is 11.9. The predicted octanol–water partition coefficient (Wildman–Crippen LogP) is 1.78. The Hall–Kier alpha value is -2.21. The minimum absolute atomic E-state index is 0.125. The SMILES string of the molecule is CONC1=CN(Cc2ccccc2)CC1(CO)CN=[N+]=[N-]. The van der Waals surface area contributed by atoms with Crippen molar-refractivity contribution in [1.82, 2.24) is 10.4 Å². The standard InChI is InChI=1S/C14H19N5O2/c1-21-17-13-8-19(7-12-5-3-2-4-6-12)10-14(13,11-20)9-16-18-15/h2-6,8,17,20H,7,9-11H2,1H3. The molecule has 1 aliphatic heterocycles. The number of nitrogens with zero attached hydrogens (tertiary/aromatic N) is 4. The van der Waals surface area contributed by atoms with Gasteiger partial charge in [-0.1, -0.05) is 35.4 Å². The fraction of sp³-hybridized carbons (Fsp3) is 0.429. The van der Waals surface area contributed by atoms with E-state index in [4.69, 9.17) is 10.4 Å². The molecule has 2 N–H and O–H groups in total. The quantitative estimate of drug-likeness (QED) is 0.346. The summed E-state index contributed by atoms with van der Waals surface area (Å²) in [5.74, 6) is 0. The monoisotopic (exact) mass is 289 g/mol. The van der Waals surface area contributed by atoms with Gasteiger partial charge in [-0.05, 0) is 11.1 Å². The third kappa shape index (κ3) is 3.46. The third-order valence-corrected chi connectivity index (χ3v) is 3.57. The zero-order chi connectivity index (χ0) is 15.1.